The van der Waals surface area contributed by atoms with Crippen LogP contribution in [0, 0.1) is 5.82 Å². The van der Waals surface area contributed by atoms with Gasteiger partial charge in [-0.15, -0.1) is 0 Å². The molecule has 6 rings (SSSR count). The van der Waals surface area contributed by atoms with Crippen LogP contribution in [0.25, 0.3) is 33.5 Å². The molecule has 33 heavy (non-hydrogen) atoms. The Hall–Kier alpha value is -3.24. The standard InChI is InChI=1S/C23H26FN7O2/c1-13-11-32-7-5-30(13)22-19-21(28-23(29-22)31-6-8-33-12-14(31)2)27-20(26-19)17-9-15(24)10-18-16(17)3-4-25-18/h3-4,9-10,13-14,25H,5-8,11-12H2,1-2H3,(H,26,27,28,29). The predicted octanol–water partition coefficient (Wildman–Crippen LogP) is 3.09. The quantitative estimate of drug-likeness (QED) is 0.494. The second kappa shape index (κ2) is 7.96. The summed E-state index contributed by atoms with van der Waals surface area (Å²) in [6.07, 6.45) is 1.80. The van der Waals surface area contributed by atoms with Gasteiger partial charge in [0.25, 0.3) is 0 Å². The Kier molecular flexibility index (Phi) is 4.92. The third-order valence-corrected chi connectivity index (χ3v) is 6.47. The molecule has 4 aromatic rings. The first-order chi connectivity index (χ1) is 16.1. The smallest absolute Gasteiger partial charge is 0.229 e. The first-order valence-corrected chi connectivity index (χ1v) is 11.3. The minimum absolute atomic E-state index is 0.150. The summed E-state index contributed by atoms with van der Waals surface area (Å²) in [7, 11) is 0. The van der Waals surface area contributed by atoms with Gasteiger partial charge < -0.3 is 29.2 Å². The number of hydrogen-bond donors (Lipinski definition) is 2. The lowest BCUT2D eigenvalue weighted by Gasteiger charge is -2.36. The predicted molar refractivity (Wildman–Crippen MR) is 124 cm³/mol. The molecule has 2 aliphatic heterocycles. The van der Waals surface area contributed by atoms with Crippen molar-refractivity contribution in [3.63, 3.8) is 0 Å². The van der Waals surface area contributed by atoms with E-state index in [1.54, 1.807) is 6.20 Å². The zero-order valence-electron chi connectivity index (χ0n) is 18.6. The number of morpholine rings is 2. The summed E-state index contributed by atoms with van der Waals surface area (Å²) in [5, 5.41) is 0.895. The lowest BCUT2D eigenvalue weighted by atomic mass is 10.1. The SMILES string of the molecule is CC1COCCN1c1nc(N2CCOCC2C)c2nc(-c3cc(F)cc4[nH]ccc34)[nH]c2n1. The number of nitrogens with zero attached hydrogens (tertiary/aromatic N) is 5. The van der Waals surface area contributed by atoms with Crippen LogP contribution in [-0.4, -0.2) is 76.5 Å². The van der Waals surface area contributed by atoms with E-state index in [1.807, 2.05) is 6.07 Å². The molecule has 0 amide bonds. The van der Waals surface area contributed by atoms with Gasteiger partial charge in [-0.1, -0.05) is 0 Å². The maximum atomic E-state index is 14.4. The highest BCUT2D eigenvalue weighted by Gasteiger charge is 2.28. The Morgan fingerprint density at radius 2 is 1.76 bits per heavy atom. The molecular weight excluding hydrogens is 425 g/mol. The van der Waals surface area contributed by atoms with Gasteiger partial charge in [0, 0.05) is 35.8 Å². The number of anilines is 2. The van der Waals surface area contributed by atoms with Gasteiger partial charge in [-0.05, 0) is 32.0 Å². The summed E-state index contributed by atoms with van der Waals surface area (Å²) < 4.78 is 25.6. The average molecular weight is 452 g/mol. The van der Waals surface area contributed by atoms with Crippen LogP contribution in [0.5, 0.6) is 0 Å². The Labute approximate surface area is 189 Å². The number of halogens is 1. The van der Waals surface area contributed by atoms with Crippen molar-refractivity contribution >= 4 is 33.8 Å². The number of aromatic amines is 2. The highest BCUT2D eigenvalue weighted by molar-refractivity contribution is 5.96. The zero-order valence-corrected chi connectivity index (χ0v) is 18.6. The van der Waals surface area contributed by atoms with Gasteiger partial charge in [-0.25, -0.2) is 9.37 Å². The topological polar surface area (TPSA) is 95.2 Å². The van der Waals surface area contributed by atoms with Crippen molar-refractivity contribution in [2.45, 2.75) is 25.9 Å². The van der Waals surface area contributed by atoms with Crippen LogP contribution >= 0.6 is 0 Å². The van der Waals surface area contributed by atoms with Crippen LogP contribution in [0.2, 0.25) is 0 Å². The largest absolute Gasteiger partial charge is 0.377 e. The lowest BCUT2D eigenvalue weighted by Crippen LogP contribution is -2.46. The van der Waals surface area contributed by atoms with Crippen LogP contribution in [0.3, 0.4) is 0 Å². The maximum absolute atomic E-state index is 14.4. The van der Waals surface area contributed by atoms with Crippen LogP contribution in [0.4, 0.5) is 16.2 Å². The van der Waals surface area contributed by atoms with E-state index in [2.05, 4.69) is 33.6 Å². The summed E-state index contributed by atoms with van der Waals surface area (Å²) in [5.41, 5.74) is 2.72. The maximum Gasteiger partial charge on any atom is 0.229 e. The van der Waals surface area contributed by atoms with E-state index in [0.29, 0.717) is 54.9 Å². The molecule has 2 aliphatic rings. The lowest BCUT2D eigenvalue weighted by molar-refractivity contribution is 0.0973. The number of hydrogen-bond acceptors (Lipinski definition) is 7. The second-order valence-corrected chi connectivity index (χ2v) is 8.76. The molecule has 0 spiro atoms. The van der Waals surface area contributed by atoms with Gasteiger partial charge in [0.15, 0.2) is 17.0 Å². The van der Waals surface area contributed by atoms with Crippen molar-refractivity contribution in [1.29, 1.82) is 0 Å². The number of rotatable bonds is 3. The van der Waals surface area contributed by atoms with Crippen molar-refractivity contribution in [3.8, 4) is 11.4 Å². The van der Waals surface area contributed by atoms with Gasteiger partial charge in [0.05, 0.1) is 38.5 Å². The normalized spacial score (nSPS) is 21.9. The van der Waals surface area contributed by atoms with E-state index in [-0.39, 0.29) is 17.9 Å². The molecule has 10 heteroatoms. The molecule has 2 atom stereocenters. The van der Waals surface area contributed by atoms with Gasteiger partial charge in [-0.2, -0.15) is 9.97 Å². The molecule has 9 nitrogen and oxygen atoms in total. The van der Waals surface area contributed by atoms with E-state index in [9.17, 15) is 4.39 Å². The molecule has 0 bridgehead atoms. The van der Waals surface area contributed by atoms with Gasteiger partial charge >= 0.3 is 0 Å². The molecule has 0 saturated carbocycles. The molecule has 172 valence electrons. The summed E-state index contributed by atoms with van der Waals surface area (Å²) in [6, 6.07) is 5.23. The molecule has 1 aromatic carbocycles. The van der Waals surface area contributed by atoms with Gasteiger partial charge in [0.2, 0.25) is 5.95 Å². The first-order valence-electron chi connectivity index (χ1n) is 11.3. The van der Waals surface area contributed by atoms with Gasteiger partial charge in [0.1, 0.15) is 11.6 Å². The van der Waals surface area contributed by atoms with Gasteiger partial charge in [-0.3, -0.25) is 0 Å². The Morgan fingerprint density at radius 1 is 1.00 bits per heavy atom. The van der Waals surface area contributed by atoms with E-state index in [4.69, 9.17) is 24.4 Å². The van der Waals surface area contributed by atoms with Crippen molar-refractivity contribution in [3.05, 3.63) is 30.2 Å². The number of ether oxygens (including phenoxy) is 2. The fourth-order valence-electron chi connectivity index (χ4n) is 4.72. The second-order valence-electron chi connectivity index (χ2n) is 8.76. The van der Waals surface area contributed by atoms with Crippen molar-refractivity contribution < 1.29 is 13.9 Å². The summed E-state index contributed by atoms with van der Waals surface area (Å²) in [6.45, 7) is 8.19. The number of aromatic nitrogens is 5. The number of fused-ring (bicyclic) bond motifs is 2. The van der Waals surface area contributed by atoms with Crippen LogP contribution in [0.15, 0.2) is 24.4 Å². The Bertz CT molecular complexity index is 1320. The number of nitrogens with one attached hydrogen (secondary N) is 2. The zero-order chi connectivity index (χ0) is 22.5. The molecule has 0 aliphatic carbocycles. The number of benzene rings is 1. The molecule has 2 fully saturated rings. The molecule has 0 radical (unpaired) electrons. The Morgan fingerprint density at radius 3 is 2.52 bits per heavy atom. The molecule has 3 aromatic heterocycles. The van der Waals surface area contributed by atoms with E-state index >= 15 is 0 Å². The fourth-order valence-corrected chi connectivity index (χ4v) is 4.72. The molecule has 2 saturated heterocycles. The monoisotopic (exact) mass is 451 g/mol. The minimum atomic E-state index is -0.323. The van der Waals surface area contributed by atoms with Crippen LogP contribution in [0.1, 0.15) is 13.8 Å². The highest BCUT2D eigenvalue weighted by atomic mass is 19.1. The summed E-state index contributed by atoms with van der Waals surface area (Å²) in [4.78, 5) is 25.6. The Balaban J connectivity index is 1.54. The molecule has 2 N–H and O–H groups in total. The summed E-state index contributed by atoms with van der Waals surface area (Å²) in [5.74, 6) is 1.66. The van der Waals surface area contributed by atoms with E-state index < -0.39 is 0 Å². The van der Waals surface area contributed by atoms with Crippen molar-refractivity contribution in [2.24, 2.45) is 0 Å². The van der Waals surface area contributed by atoms with Crippen molar-refractivity contribution in [1.82, 2.24) is 24.9 Å². The number of H-pyrrole nitrogens is 2. The van der Waals surface area contributed by atoms with Crippen LogP contribution < -0.4 is 9.80 Å². The molecular formula is C23H26FN7O2. The molecule has 2 unspecified atom stereocenters. The minimum Gasteiger partial charge on any atom is -0.377 e. The first kappa shape index (κ1) is 20.4. The van der Waals surface area contributed by atoms with Crippen molar-refractivity contribution in [2.75, 3.05) is 49.3 Å². The number of imidazole rings is 1. The highest BCUT2D eigenvalue weighted by Crippen LogP contribution is 2.33. The summed E-state index contributed by atoms with van der Waals surface area (Å²) >= 11 is 0. The van der Waals surface area contributed by atoms with E-state index in [0.717, 1.165) is 29.8 Å². The van der Waals surface area contributed by atoms with E-state index in [1.165, 1.54) is 12.1 Å². The average Bonchev–Trinajstić information content (AvgIpc) is 3.45. The molecule has 5 heterocycles. The third-order valence-electron chi connectivity index (χ3n) is 6.47. The third kappa shape index (κ3) is 3.50. The fraction of sp³-hybridized carbons (Fsp3) is 0.435. The van der Waals surface area contributed by atoms with Crippen LogP contribution in [-0.2, 0) is 9.47 Å².